The number of nitrogens with two attached hydrogens (primary N) is 1. The van der Waals surface area contributed by atoms with Gasteiger partial charge in [-0.1, -0.05) is 6.08 Å². The zero-order valence-corrected chi connectivity index (χ0v) is 7.68. The molecule has 2 atom stereocenters. The molecule has 2 unspecified atom stereocenters. The molecular formula is C8H15N3O2. The van der Waals surface area contributed by atoms with Crippen molar-refractivity contribution in [3.05, 3.63) is 12.7 Å². The maximum atomic E-state index is 11.3. The Balaban J connectivity index is 2.70. The Kier molecular flexibility index (Phi) is 2.90. The van der Waals surface area contributed by atoms with E-state index >= 15 is 0 Å². The second-order valence-corrected chi connectivity index (χ2v) is 3.02. The molecule has 1 aliphatic heterocycles. The van der Waals surface area contributed by atoms with Gasteiger partial charge in [-0.05, 0) is 6.92 Å². The van der Waals surface area contributed by atoms with Crippen molar-refractivity contribution >= 4 is 6.03 Å². The third-order valence-electron chi connectivity index (χ3n) is 2.27. The summed E-state index contributed by atoms with van der Waals surface area (Å²) < 4.78 is 0. The quantitative estimate of drug-likeness (QED) is 0.355. The first-order valence-electron chi connectivity index (χ1n) is 4.25. The van der Waals surface area contributed by atoms with Crippen LogP contribution >= 0.6 is 0 Å². The SMILES string of the molecule is C=CC(O)C1CN(CC)C(=O)N1N. The molecule has 1 aliphatic rings. The molecule has 0 radical (unpaired) electrons. The van der Waals surface area contributed by atoms with Crippen molar-refractivity contribution < 1.29 is 9.90 Å². The number of aliphatic hydroxyl groups excluding tert-OH is 1. The summed E-state index contributed by atoms with van der Waals surface area (Å²) in [4.78, 5) is 12.9. The van der Waals surface area contributed by atoms with Crippen LogP contribution in [-0.2, 0) is 0 Å². The van der Waals surface area contributed by atoms with Gasteiger partial charge in [0.05, 0.1) is 12.1 Å². The van der Waals surface area contributed by atoms with E-state index in [0.717, 1.165) is 5.01 Å². The Hall–Kier alpha value is -1.07. The lowest BCUT2D eigenvalue weighted by Crippen LogP contribution is -2.45. The van der Waals surface area contributed by atoms with E-state index in [0.29, 0.717) is 13.1 Å². The topological polar surface area (TPSA) is 69.8 Å². The highest BCUT2D eigenvalue weighted by molar-refractivity contribution is 5.76. The van der Waals surface area contributed by atoms with E-state index in [2.05, 4.69) is 6.58 Å². The number of carbonyl (C=O) groups is 1. The van der Waals surface area contributed by atoms with Crippen LogP contribution in [0.1, 0.15) is 6.92 Å². The lowest BCUT2D eigenvalue weighted by Gasteiger charge is -2.19. The molecule has 13 heavy (non-hydrogen) atoms. The zero-order chi connectivity index (χ0) is 10.0. The summed E-state index contributed by atoms with van der Waals surface area (Å²) in [7, 11) is 0. The highest BCUT2D eigenvalue weighted by atomic mass is 16.3. The van der Waals surface area contributed by atoms with Crippen molar-refractivity contribution in [1.82, 2.24) is 9.91 Å². The number of nitrogens with zero attached hydrogens (tertiary/aromatic N) is 2. The van der Waals surface area contributed by atoms with Crippen LogP contribution in [0.3, 0.4) is 0 Å². The number of hydrogen-bond donors (Lipinski definition) is 2. The third-order valence-corrected chi connectivity index (χ3v) is 2.27. The van der Waals surface area contributed by atoms with Crippen molar-refractivity contribution in [3.63, 3.8) is 0 Å². The monoisotopic (exact) mass is 185 g/mol. The normalized spacial score (nSPS) is 25.2. The lowest BCUT2D eigenvalue weighted by molar-refractivity contribution is 0.122. The zero-order valence-electron chi connectivity index (χ0n) is 7.68. The van der Waals surface area contributed by atoms with Crippen molar-refractivity contribution in [2.45, 2.75) is 19.1 Å². The van der Waals surface area contributed by atoms with Gasteiger partial charge in [0.15, 0.2) is 0 Å². The second kappa shape index (κ2) is 3.76. The summed E-state index contributed by atoms with van der Waals surface area (Å²) in [5, 5.41) is 10.5. The number of rotatable bonds is 3. The van der Waals surface area contributed by atoms with Gasteiger partial charge >= 0.3 is 6.03 Å². The molecule has 1 fully saturated rings. The average molecular weight is 185 g/mol. The van der Waals surface area contributed by atoms with Gasteiger partial charge in [0.2, 0.25) is 0 Å². The van der Waals surface area contributed by atoms with E-state index in [9.17, 15) is 9.90 Å². The van der Waals surface area contributed by atoms with Gasteiger partial charge in [0.1, 0.15) is 0 Å². The average Bonchev–Trinajstić information content (AvgIpc) is 2.43. The fourth-order valence-electron chi connectivity index (χ4n) is 1.39. The molecular weight excluding hydrogens is 170 g/mol. The third kappa shape index (κ3) is 1.66. The first kappa shape index (κ1) is 10.0. The van der Waals surface area contributed by atoms with E-state index in [1.165, 1.54) is 6.08 Å². The summed E-state index contributed by atoms with van der Waals surface area (Å²) in [6, 6.07) is -0.613. The molecule has 5 heteroatoms. The second-order valence-electron chi connectivity index (χ2n) is 3.02. The minimum Gasteiger partial charge on any atom is -0.387 e. The Bertz CT molecular complexity index is 219. The van der Waals surface area contributed by atoms with Crippen LogP contribution < -0.4 is 5.84 Å². The standard InChI is InChI=1S/C8H15N3O2/c1-3-7(12)6-5-10(4-2)8(13)11(6)9/h3,6-7,12H,1,4-5,9H2,2H3. The Labute approximate surface area is 77.4 Å². The number of aliphatic hydroxyl groups is 1. The molecule has 1 saturated heterocycles. The molecule has 0 bridgehead atoms. The smallest absolute Gasteiger partial charge is 0.334 e. The van der Waals surface area contributed by atoms with Crippen molar-refractivity contribution in [2.75, 3.05) is 13.1 Å². The molecule has 0 aliphatic carbocycles. The summed E-state index contributed by atoms with van der Waals surface area (Å²) in [6.45, 7) is 6.38. The summed E-state index contributed by atoms with van der Waals surface area (Å²) in [5.41, 5.74) is 0. The fourth-order valence-corrected chi connectivity index (χ4v) is 1.39. The number of carbonyl (C=O) groups excluding carboxylic acids is 1. The minimum atomic E-state index is -0.759. The van der Waals surface area contributed by atoms with Gasteiger partial charge in [-0.2, -0.15) is 0 Å². The minimum absolute atomic E-state index is 0.242. The van der Waals surface area contributed by atoms with Crippen molar-refractivity contribution in [1.29, 1.82) is 0 Å². The number of amides is 2. The molecule has 0 aromatic rings. The molecule has 0 saturated carbocycles. The largest absolute Gasteiger partial charge is 0.387 e. The number of hydrazine groups is 1. The van der Waals surface area contributed by atoms with Crippen LogP contribution in [0.2, 0.25) is 0 Å². The Morgan fingerprint density at radius 3 is 2.92 bits per heavy atom. The van der Waals surface area contributed by atoms with Gasteiger partial charge in [0.25, 0.3) is 0 Å². The molecule has 0 spiro atoms. The van der Waals surface area contributed by atoms with Gasteiger partial charge < -0.3 is 10.0 Å². The molecule has 0 aromatic heterocycles. The van der Waals surface area contributed by atoms with Crippen LogP contribution in [0.25, 0.3) is 0 Å². The van der Waals surface area contributed by atoms with E-state index in [-0.39, 0.29) is 12.1 Å². The Morgan fingerprint density at radius 1 is 1.92 bits per heavy atom. The van der Waals surface area contributed by atoms with E-state index in [1.807, 2.05) is 6.92 Å². The van der Waals surface area contributed by atoms with Crippen LogP contribution in [0, 0.1) is 0 Å². The summed E-state index contributed by atoms with van der Waals surface area (Å²) >= 11 is 0. The molecule has 3 N–H and O–H groups in total. The fraction of sp³-hybridized carbons (Fsp3) is 0.625. The summed E-state index contributed by atoms with van der Waals surface area (Å²) in [5.74, 6) is 5.50. The number of hydrogen-bond acceptors (Lipinski definition) is 3. The maximum absolute atomic E-state index is 11.3. The Morgan fingerprint density at radius 2 is 2.54 bits per heavy atom. The lowest BCUT2D eigenvalue weighted by atomic mass is 10.1. The molecule has 74 valence electrons. The van der Waals surface area contributed by atoms with Gasteiger partial charge in [-0.15, -0.1) is 6.58 Å². The predicted molar refractivity (Wildman–Crippen MR) is 48.7 cm³/mol. The van der Waals surface area contributed by atoms with Crippen molar-refractivity contribution in [2.24, 2.45) is 5.84 Å². The van der Waals surface area contributed by atoms with Crippen LogP contribution in [0.5, 0.6) is 0 Å². The van der Waals surface area contributed by atoms with Crippen molar-refractivity contribution in [3.8, 4) is 0 Å². The number of urea groups is 1. The molecule has 2 amide bonds. The molecule has 1 heterocycles. The molecule has 0 aromatic carbocycles. The van der Waals surface area contributed by atoms with Gasteiger partial charge in [-0.3, -0.25) is 5.01 Å². The van der Waals surface area contributed by atoms with Gasteiger partial charge in [-0.25, -0.2) is 10.6 Å². The van der Waals surface area contributed by atoms with E-state index in [1.54, 1.807) is 4.90 Å². The van der Waals surface area contributed by atoms with E-state index in [4.69, 9.17) is 5.84 Å². The highest BCUT2D eigenvalue weighted by Gasteiger charge is 2.37. The van der Waals surface area contributed by atoms with Gasteiger partial charge in [0, 0.05) is 13.1 Å². The first-order valence-corrected chi connectivity index (χ1v) is 4.25. The highest BCUT2D eigenvalue weighted by Crippen LogP contribution is 2.14. The number of likely N-dealkylation sites (N-methyl/N-ethyl adjacent to an activating group) is 1. The predicted octanol–water partition coefficient (Wildman–Crippen LogP) is -0.467. The van der Waals surface area contributed by atoms with E-state index < -0.39 is 6.10 Å². The molecule has 1 rings (SSSR count). The van der Waals surface area contributed by atoms with Crippen LogP contribution in [-0.4, -0.2) is 46.3 Å². The molecule has 5 nitrogen and oxygen atoms in total. The van der Waals surface area contributed by atoms with Crippen LogP contribution in [0.15, 0.2) is 12.7 Å². The first-order chi connectivity index (χ1) is 6.11. The van der Waals surface area contributed by atoms with Crippen LogP contribution in [0.4, 0.5) is 4.79 Å². The summed E-state index contributed by atoms with van der Waals surface area (Å²) in [6.07, 6.45) is 0.627. The maximum Gasteiger partial charge on any atom is 0.334 e.